The zero-order valence-electron chi connectivity index (χ0n) is 22.9. The fourth-order valence-corrected chi connectivity index (χ4v) is 5.42. The topological polar surface area (TPSA) is 31.4 Å². The van der Waals surface area contributed by atoms with E-state index in [4.69, 9.17) is 11.6 Å². The Kier molecular flexibility index (Phi) is 8.47. The molecule has 2 aromatic carbocycles. The van der Waals surface area contributed by atoms with Gasteiger partial charge in [-0.05, 0) is 75.0 Å². The molecule has 1 aromatic heterocycles. The van der Waals surface area contributed by atoms with Gasteiger partial charge >= 0.3 is 6.18 Å². The Morgan fingerprint density at radius 3 is 2.39 bits per heavy atom. The van der Waals surface area contributed by atoms with E-state index in [2.05, 4.69) is 16.9 Å². The van der Waals surface area contributed by atoms with Crippen LogP contribution in [0, 0.1) is 23.0 Å². The number of halogens is 7. The highest BCUT2D eigenvalue weighted by Crippen LogP contribution is 2.52. The first-order chi connectivity index (χ1) is 19.2. The summed E-state index contributed by atoms with van der Waals surface area (Å²) in [6, 6.07) is 7.39. The molecule has 0 radical (unpaired) electrons. The summed E-state index contributed by atoms with van der Waals surface area (Å²) in [6.45, 7) is 6.15. The number of aryl methyl sites for hydroxylation is 1. The standard InChI is InChI=1S/C30H29ClF6N4/c1-6-18-11-13-21(26(31)27(18)34)28(29(3,16-40(4)5)30(35,36)37)38-22-14-19(32)15-23-20(22)12-10-17(2)41(23)25-9-7-8-24(33)39-25/h7-15,28,38H,2,6,16H2,1,3-5H3. The summed E-state index contributed by atoms with van der Waals surface area (Å²) in [6.07, 6.45) is -1.40. The fraction of sp³-hybridized carbons (Fsp3) is 0.300. The second-order valence-electron chi connectivity index (χ2n) is 10.4. The van der Waals surface area contributed by atoms with Crippen LogP contribution in [0.15, 0.2) is 60.8 Å². The van der Waals surface area contributed by atoms with Gasteiger partial charge in [-0.1, -0.05) is 43.3 Å². The molecule has 1 N–H and O–H groups in total. The number of hydrogen-bond donors (Lipinski definition) is 1. The van der Waals surface area contributed by atoms with Crippen LogP contribution in [0.2, 0.25) is 5.02 Å². The minimum atomic E-state index is -4.80. The van der Waals surface area contributed by atoms with Crippen molar-refractivity contribution in [2.75, 3.05) is 30.9 Å². The van der Waals surface area contributed by atoms with Gasteiger partial charge in [0.25, 0.3) is 0 Å². The van der Waals surface area contributed by atoms with Gasteiger partial charge in [0.1, 0.15) is 22.9 Å². The average molecular weight is 595 g/mol. The number of nitrogens with one attached hydrogen (secondary N) is 1. The third-order valence-corrected chi connectivity index (χ3v) is 7.52. The molecule has 2 heterocycles. The molecule has 3 aromatic rings. The van der Waals surface area contributed by atoms with Gasteiger partial charge in [-0.3, -0.25) is 4.90 Å². The van der Waals surface area contributed by atoms with Gasteiger partial charge < -0.3 is 10.2 Å². The summed E-state index contributed by atoms with van der Waals surface area (Å²) in [5, 5.41) is 2.43. The van der Waals surface area contributed by atoms with Gasteiger partial charge in [0, 0.05) is 23.5 Å². The van der Waals surface area contributed by atoms with Crippen molar-refractivity contribution in [1.82, 2.24) is 9.88 Å². The van der Waals surface area contributed by atoms with E-state index in [9.17, 15) is 17.6 Å². The second kappa shape index (κ2) is 11.4. The number of aromatic nitrogens is 1. The molecule has 0 spiro atoms. The Morgan fingerprint density at radius 2 is 1.78 bits per heavy atom. The van der Waals surface area contributed by atoms with Crippen molar-refractivity contribution in [2.24, 2.45) is 5.41 Å². The van der Waals surface area contributed by atoms with Crippen LogP contribution in [0.3, 0.4) is 0 Å². The number of benzene rings is 2. The molecule has 218 valence electrons. The number of fused-ring (bicyclic) bond motifs is 1. The van der Waals surface area contributed by atoms with Crippen molar-refractivity contribution in [1.29, 1.82) is 0 Å². The van der Waals surface area contributed by atoms with E-state index in [0.717, 1.165) is 25.1 Å². The summed E-state index contributed by atoms with van der Waals surface area (Å²) >= 11 is 6.39. The average Bonchev–Trinajstić information content (AvgIpc) is 2.87. The summed E-state index contributed by atoms with van der Waals surface area (Å²) < 4.78 is 89.1. The molecule has 1 aliphatic heterocycles. The number of nitrogens with zero attached hydrogens (tertiary/aromatic N) is 3. The van der Waals surface area contributed by atoms with Crippen LogP contribution in [-0.4, -0.2) is 36.7 Å². The summed E-state index contributed by atoms with van der Waals surface area (Å²) in [5.41, 5.74) is -1.61. The summed E-state index contributed by atoms with van der Waals surface area (Å²) in [7, 11) is 2.98. The Bertz CT molecular complexity index is 1500. The van der Waals surface area contributed by atoms with Crippen molar-refractivity contribution < 1.29 is 26.3 Å². The maximum atomic E-state index is 15.2. The van der Waals surface area contributed by atoms with Crippen LogP contribution in [0.5, 0.6) is 0 Å². The summed E-state index contributed by atoms with van der Waals surface area (Å²) in [4.78, 5) is 6.63. The number of rotatable bonds is 8. The minimum Gasteiger partial charge on any atom is -0.377 e. The normalized spacial score (nSPS) is 15.6. The molecule has 11 heteroatoms. The van der Waals surface area contributed by atoms with Crippen LogP contribution in [-0.2, 0) is 6.42 Å². The largest absolute Gasteiger partial charge is 0.397 e. The van der Waals surface area contributed by atoms with E-state index in [0.29, 0.717) is 11.3 Å². The number of hydrogen-bond acceptors (Lipinski definition) is 4. The van der Waals surface area contributed by atoms with Crippen LogP contribution < -0.4 is 10.2 Å². The van der Waals surface area contributed by atoms with E-state index in [1.165, 1.54) is 48.2 Å². The maximum absolute atomic E-state index is 15.2. The molecule has 41 heavy (non-hydrogen) atoms. The lowest BCUT2D eigenvalue weighted by atomic mass is 9.76. The van der Waals surface area contributed by atoms with Crippen molar-refractivity contribution in [3.8, 4) is 0 Å². The number of anilines is 3. The summed E-state index contributed by atoms with van der Waals surface area (Å²) in [5.74, 6) is -2.28. The molecule has 0 bridgehead atoms. The monoisotopic (exact) mass is 594 g/mol. The zero-order valence-corrected chi connectivity index (χ0v) is 23.6. The van der Waals surface area contributed by atoms with Gasteiger partial charge in [0.2, 0.25) is 5.95 Å². The number of allylic oxidation sites excluding steroid dienone is 1. The smallest absolute Gasteiger partial charge is 0.377 e. The SMILES string of the molecule is C=C1C=Cc2c(NC(c3ccc(CC)c(F)c3Cl)C(C)(CN(C)C)C(F)(F)F)cc(F)cc2N1c1cccc(F)n1. The first-order valence-electron chi connectivity index (χ1n) is 12.8. The quantitative estimate of drug-likeness (QED) is 0.209. The highest BCUT2D eigenvalue weighted by molar-refractivity contribution is 6.31. The molecule has 0 saturated carbocycles. The molecule has 4 rings (SSSR count). The van der Waals surface area contributed by atoms with Gasteiger partial charge in [-0.15, -0.1) is 0 Å². The third kappa shape index (κ3) is 5.81. The van der Waals surface area contributed by atoms with E-state index in [1.54, 1.807) is 19.1 Å². The zero-order chi connectivity index (χ0) is 30.3. The lowest BCUT2D eigenvalue weighted by Crippen LogP contribution is -2.50. The van der Waals surface area contributed by atoms with Gasteiger partial charge in [-0.2, -0.15) is 17.6 Å². The molecule has 0 fully saturated rings. The van der Waals surface area contributed by atoms with Crippen LogP contribution in [0.25, 0.3) is 6.08 Å². The predicted octanol–water partition coefficient (Wildman–Crippen LogP) is 8.68. The number of alkyl halides is 3. The highest BCUT2D eigenvalue weighted by Gasteiger charge is 2.57. The van der Waals surface area contributed by atoms with Crippen molar-refractivity contribution in [2.45, 2.75) is 32.5 Å². The molecule has 0 amide bonds. The number of pyridine rings is 1. The van der Waals surface area contributed by atoms with E-state index in [-0.39, 0.29) is 34.7 Å². The minimum absolute atomic E-state index is 0.0135. The first-order valence-corrected chi connectivity index (χ1v) is 13.1. The van der Waals surface area contributed by atoms with Crippen LogP contribution in [0.4, 0.5) is 43.5 Å². The highest BCUT2D eigenvalue weighted by atomic mass is 35.5. The van der Waals surface area contributed by atoms with Gasteiger partial charge in [0.05, 0.1) is 16.8 Å². The van der Waals surface area contributed by atoms with Gasteiger partial charge in [-0.25, -0.2) is 13.8 Å². The van der Waals surface area contributed by atoms with E-state index >= 15 is 8.78 Å². The predicted molar refractivity (Wildman–Crippen MR) is 151 cm³/mol. The second-order valence-corrected chi connectivity index (χ2v) is 10.8. The molecular formula is C30H29ClF6N4. The molecule has 0 saturated heterocycles. The maximum Gasteiger partial charge on any atom is 0.397 e. The van der Waals surface area contributed by atoms with Crippen LogP contribution in [0.1, 0.15) is 36.6 Å². The molecule has 4 nitrogen and oxygen atoms in total. The fourth-order valence-electron chi connectivity index (χ4n) is 5.12. The molecule has 2 unspecified atom stereocenters. The molecule has 0 aliphatic carbocycles. The van der Waals surface area contributed by atoms with Gasteiger partial charge in [0.15, 0.2) is 0 Å². The third-order valence-electron chi connectivity index (χ3n) is 7.14. The first kappa shape index (κ1) is 30.5. The van der Waals surface area contributed by atoms with Crippen molar-refractivity contribution in [3.05, 3.63) is 100 Å². The Balaban J connectivity index is 1.95. The Morgan fingerprint density at radius 1 is 1.07 bits per heavy atom. The molecular weight excluding hydrogens is 566 g/mol. The lowest BCUT2D eigenvalue weighted by Gasteiger charge is -2.43. The van der Waals surface area contributed by atoms with Crippen molar-refractivity contribution in [3.63, 3.8) is 0 Å². The van der Waals surface area contributed by atoms with E-state index < -0.39 is 46.8 Å². The van der Waals surface area contributed by atoms with E-state index in [1.807, 2.05) is 0 Å². The molecule has 1 aliphatic rings. The van der Waals surface area contributed by atoms with Crippen LogP contribution >= 0.6 is 11.6 Å². The lowest BCUT2D eigenvalue weighted by molar-refractivity contribution is -0.228. The Labute approximate surface area is 239 Å². The van der Waals surface area contributed by atoms with Crippen molar-refractivity contribution >= 4 is 34.9 Å². The Hall–Kier alpha value is -3.50. The molecule has 2 atom stereocenters.